The minimum atomic E-state index is -0.0204. The third kappa shape index (κ3) is 23.5. The maximum Gasteiger partial charge on any atom is 0.0916 e. The number of nitrogens with zero attached hydrogens (tertiary/aromatic N) is 1. The summed E-state index contributed by atoms with van der Waals surface area (Å²) in [7, 11) is 4.29. The second-order valence-electron chi connectivity index (χ2n) is 13.3. The van der Waals surface area contributed by atoms with Gasteiger partial charge in [0.25, 0.3) is 0 Å². The van der Waals surface area contributed by atoms with Gasteiger partial charge in [0.05, 0.1) is 24.9 Å². The van der Waals surface area contributed by atoms with E-state index >= 15 is 0 Å². The zero-order chi connectivity index (χ0) is 29.7. The van der Waals surface area contributed by atoms with Crippen LogP contribution in [-0.4, -0.2) is 50.5 Å². The van der Waals surface area contributed by atoms with Gasteiger partial charge in [-0.2, -0.15) is 0 Å². The molecule has 242 valence electrons. The molecule has 1 aliphatic rings. The van der Waals surface area contributed by atoms with Crippen molar-refractivity contribution in [3.63, 3.8) is 0 Å². The fraction of sp³-hybridized carbons (Fsp3) is 0.895. The standard InChI is InChI=1S/C38H73NO2/c1-5-7-9-11-13-15-16-17-18-19-20-21-22-23-24-26-28-30-33-38(32-29-27-25-14-12-10-8-6-2)36-40-37(35-41-38)31-34-39(3)4/h15-16,18-19,37H,5-14,17,20-36H2,1-4H3/b16-15-,19-18-. The normalized spacial score (nSPS) is 19.8. The molecule has 1 saturated heterocycles. The van der Waals surface area contributed by atoms with Crippen LogP contribution in [0.4, 0.5) is 0 Å². The average molecular weight is 576 g/mol. The van der Waals surface area contributed by atoms with E-state index in [9.17, 15) is 0 Å². The molecular weight excluding hydrogens is 502 g/mol. The van der Waals surface area contributed by atoms with Gasteiger partial charge >= 0.3 is 0 Å². The second-order valence-corrected chi connectivity index (χ2v) is 13.3. The number of rotatable bonds is 29. The average Bonchev–Trinajstić information content (AvgIpc) is 2.97. The first-order chi connectivity index (χ1) is 20.1. The zero-order valence-electron chi connectivity index (χ0n) is 28.4. The van der Waals surface area contributed by atoms with E-state index in [1.807, 2.05) is 0 Å². The van der Waals surface area contributed by atoms with Gasteiger partial charge < -0.3 is 14.4 Å². The Morgan fingerprint density at radius 2 is 1.07 bits per heavy atom. The highest BCUT2D eigenvalue weighted by molar-refractivity contribution is 4.92. The van der Waals surface area contributed by atoms with Crippen molar-refractivity contribution in [2.75, 3.05) is 33.9 Å². The SMILES string of the molecule is CCCCCC/C=C\C/C=C\CCCCCCCCCC1(CCCCCCCCCC)COC(CCN(C)C)CO1. The molecule has 0 spiro atoms. The molecule has 0 radical (unpaired) electrons. The van der Waals surface area contributed by atoms with Gasteiger partial charge in [-0.05, 0) is 65.5 Å². The lowest BCUT2D eigenvalue weighted by Crippen LogP contribution is -2.47. The van der Waals surface area contributed by atoms with Gasteiger partial charge in [-0.15, -0.1) is 0 Å². The van der Waals surface area contributed by atoms with E-state index in [0.717, 1.165) is 32.6 Å². The van der Waals surface area contributed by atoms with Gasteiger partial charge in [-0.3, -0.25) is 0 Å². The summed E-state index contributed by atoms with van der Waals surface area (Å²) >= 11 is 0. The minimum absolute atomic E-state index is 0.0204. The summed E-state index contributed by atoms with van der Waals surface area (Å²) in [5.41, 5.74) is -0.0204. The third-order valence-corrected chi connectivity index (χ3v) is 8.87. The van der Waals surface area contributed by atoms with Gasteiger partial charge in [-0.1, -0.05) is 147 Å². The lowest BCUT2D eigenvalue weighted by Gasteiger charge is -2.41. The van der Waals surface area contributed by atoms with Crippen LogP contribution in [0, 0.1) is 0 Å². The highest BCUT2D eigenvalue weighted by Gasteiger charge is 2.36. The van der Waals surface area contributed by atoms with E-state index < -0.39 is 0 Å². The van der Waals surface area contributed by atoms with Gasteiger partial charge in [0.15, 0.2) is 0 Å². The number of hydrogen-bond donors (Lipinski definition) is 0. The quantitative estimate of drug-likeness (QED) is 0.0654. The second kappa shape index (κ2) is 28.1. The molecule has 2 unspecified atom stereocenters. The minimum Gasteiger partial charge on any atom is -0.373 e. The molecule has 3 nitrogen and oxygen atoms in total. The van der Waals surface area contributed by atoms with Crippen LogP contribution in [0.5, 0.6) is 0 Å². The molecule has 0 N–H and O–H groups in total. The predicted molar refractivity (Wildman–Crippen MR) is 182 cm³/mol. The van der Waals surface area contributed by atoms with Crippen LogP contribution < -0.4 is 0 Å². The van der Waals surface area contributed by atoms with Gasteiger partial charge in [-0.25, -0.2) is 0 Å². The van der Waals surface area contributed by atoms with Crippen LogP contribution >= 0.6 is 0 Å². The van der Waals surface area contributed by atoms with Crippen molar-refractivity contribution in [1.29, 1.82) is 0 Å². The van der Waals surface area contributed by atoms with Crippen molar-refractivity contribution in [2.45, 2.75) is 186 Å². The Bertz CT molecular complexity index is 591. The number of unbranched alkanes of at least 4 members (excludes halogenated alkanes) is 18. The van der Waals surface area contributed by atoms with Crippen LogP contribution in [0.25, 0.3) is 0 Å². The summed E-state index contributed by atoms with van der Waals surface area (Å²) in [6, 6.07) is 0. The molecule has 1 aliphatic heterocycles. The summed E-state index contributed by atoms with van der Waals surface area (Å²) in [5, 5.41) is 0. The van der Waals surface area contributed by atoms with Crippen LogP contribution in [0.2, 0.25) is 0 Å². The van der Waals surface area contributed by atoms with E-state index in [4.69, 9.17) is 9.47 Å². The molecule has 41 heavy (non-hydrogen) atoms. The van der Waals surface area contributed by atoms with E-state index in [1.54, 1.807) is 0 Å². The summed E-state index contributed by atoms with van der Waals surface area (Å²) in [6.07, 6.45) is 42.8. The van der Waals surface area contributed by atoms with Gasteiger partial charge in [0.2, 0.25) is 0 Å². The zero-order valence-corrected chi connectivity index (χ0v) is 28.4. The molecule has 0 amide bonds. The molecule has 0 saturated carbocycles. The molecule has 0 aliphatic carbocycles. The Labute approximate surface area is 258 Å². The van der Waals surface area contributed by atoms with Gasteiger partial charge in [0, 0.05) is 6.54 Å². The van der Waals surface area contributed by atoms with Crippen LogP contribution in [-0.2, 0) is 9.47 Å². The Hall–Kier alpha value is -0.640. The molecular formula is C38H73NO2. The van der Waals surface area contributed by atoms with Crippen molar-refractivity contribution >= 4 is 0 Å². The van der Waals surface area contributed by atoms with E-state index in [2.05, 4.69) is 57.1 Å². The Morgan fingerprint density at radius 1 is 0.610 bits per heavy atom. The summed E-state index contributed by atoms with van der Waals surface area (Å²) in [5.74, 6) is 0. The van der Waals surface area contributed by atoms with Crippen molar-refractivity contribution in [3.8, 4) is 0 Å². The van der Waals surface area contributed by atoms with E-state index in [1.165, 1.54) is 148 Å². The summed E-state index contributed by atoms with van der Waals surface area (Å²) in [6.45, 7) is 7.25. The molecule has 1 fully saturated rings. The molecule has 0 aromatic heterocycles. The first kappa shape index (κ1) is 38.4. The van der Waals surface area contributed by atoms with Crippen molar-refractivity contribution in [2.24, 2.45) is 0 Å². The first-order valence-electron chi connectivity index (χ1n) is 18.3. The maximum absolute atomic E-state index is 6.65. The molecule has 2 atom stereocenters. The lowest BCUT2D eigenvalue weighted by atomic mass is 9.89. The fourth-order valence-electron chi connectivity index (χ4n) is 5.98. The maximum atomic E-state index is 6.65. The van der Waals surface area contributed by atoms with Gasteiger partial charge in [0.1, 0.15) is 0 Å². The lowest BCUT2D eigenvalue weighted by molar-refractivity contribution is -0.199. The van der Waals surface area contributed by atoms with E-state index in [0.29, 0.717) is 0 Å². The monoisotopic (exact) mass is 576 g/mol. The first-order valence-corrected chi connectivity index (χ1v) is 18.3. The number of ether oxygens (including phenoxy) is 2. The Balaban J connectivity index is 2.15. The highest BCUT2D eigenvalue weighted by atomic mass is 16.6. The van der Waals surface area contributed by atoms with Crippen molar-refractivity contribution < 1.29 is 9.47 Å². The van der Waals surface area contributed by atoms with Crippen LogP contribution in [0.1, 0.15) is 174 Å². The summed E-state index contributed by atoms with van der Waals surface area (Å²) in [4.78, 5) is 2.25. The molecule has 1 rings (SSSR count). The number of hydrogen-bond acceptors (Lipinski definition) is 3. The summed E-state index contributed by atoms with van der Waals surface area (Å²) < 4.78 is 13.0. The molecule has 3 heteroatoms. The molecule has 0 aromatic rings. The van der Waals surface area contributed by atoms with E-state index in [-0.39, 0.29) is 11.7 Å². The highest BCUT2D eigenvalue weighted by Crippen LogP contribution is 2.32. The van der Waals surface area contributed by atoms with Crippen molar-refractivity contribution in [3.05, 3.63) is 24.3 Å². The molecule has 0 aromatic carbocycles. The van der Waals surface area contributed by atoms with Crippen LogP contribution in [0.3, 0.4) is 0 Å². The Morgan fingerprint density at radius 3 is 1.54 bits per heavy atom. The van der Waals surface area contributed by atoms with Crippen LogP contribution in [0.15, 0.2) is 24.3 Å². The molecule has 0 bridgehead atoms. The Kier molecular flexibility index (Phi) is 26.4. The van der Waals surface area contributed by atoms with Crippen molar-refractivity contribution in [1.82, 2.24) is 4.90 Å². The largest absolute Gasteiger partial charge is 0.373 e. The molecule has 1 heterocycles. The topological polar surface area (TPSA) is 21.7 Å². The fourth-order valence-corrected chi connectivity index (χ4v) is 5.98. The smallest absolute Gasteiger partial charge is 0.0916 e. The predicted octanol–water partition coefficient (Wildman–Crippen LogP) is 11.6. The third-order valence-electron chi connectivity index (χ3n) is 8.87. The number of allylic oxidation sites excluding steroid dienone is 4.